The monoisotopic (exact) mass is 479 g/mol. The molecule has 0 fully saturated rings. The van der Waals surface area contributed by atoms with Crippen molar-refractivity contribution in [2.45, 2.75) is 32.4 Å². The van der Waals surface area contributed by atoms with Gasteiger partial charge in [-0.3, -0.25) is 4.79 Å². The molecule has 0 atom stereocenters. The maximum absolute atomic E-state index is 12.6. The molecule has 1 aliphatic heterocycles. The highest BCUT2D eigenvalue weighted by Gasteiger charge is 2.28. The lowest BCUT2D eigenvalue weighted by Crippen LogP contribution is -2.36. The zero-order valence-corrected chi connectivity index (χ0v) is 19.9. The maximum atomic E-state index is 12.6. The summed E-state index contributed by atoms with van der Waals surface area (Å²) in [5, 5.41) is 13.1. The summed E-state index contributed by atoms with van der Waals surface area (Å²) in [4.78, 5) is 31.8. The molecule has 3 aromatic rings. The molecule has 0 saturated carbocycles. The fourth-order valence-corrected chi connectivity index (χ4v) is 5.02. The van der Waals surface area contributed by atoms with Gasteiger partial charge in [-0.1, -0.05) is 12.1 Å². The second kappa shape index (κ2) is 10.4. The number of carbonyl (C=O) groups excluding carboxylic acids is 2. The van der Waals surface area contributed by atoms with Gasteiger partial charge < -0.3 is 24.3 Å². The number of thiophene rings is 1. The van der Waals surface area contributed by atoms with Crippen molar-refractivity contribution in [2.24, 2.45) is 7.05 Å². The minimum absolute atomic E-state index is 0.0914. The Bertz CT molecular complexity index is 1240. The number of rotatable bonds is 7. The second-order valence-electron chi connectivity index (χ2n) is 7.90. The predicted molar refractivity (Wildman–Crippen MR) is 126 cm³/mol. The third kappa shape index (κ3) is 5.21. The second-order valence-corrected chi connectivity index (χ2v) is 9.01. The van der Waals surface area contributed by atoms with Crippen molar-refractivity contribution in [3.8, 4) is 11.8 Å². The number of nitrogens with zero attached hydrogens (tertiary/aromatic N) is 4. The Balaban J connectivity index is 1.37. The Kier molecular flexibility index (Phi) is 7.13. The summed E-state index contributed by atoms with van der Waals surface area (Å²) in [7, 11) is 3.44. The highest BCUT2D eigenvalue weighted by Crippen LogP contribution is 2.37. The van der Waals surface area contributed by atoms with Gasteiger partial charge in [0.25, 0.3) is 0 Å². The fourth-order valence-electron chi connectivity index (χ4n) is 3.79. The van der Waals surface area contributed by atoms with E-state index >= 15 is 0 Å². The van der Waals surface area contributed by atoms with Crippen LogP contribution in [0.4, 0.5) is 9.80 Å². The molecule has 1 aromatic carbocycles. The third-order valence-corrected chi connectivity index (χ3v) is 6.83. The number of hydrogen-bond donors (Lipinski definition) is 1. The van der Waals surface area contributed by atoms with Crippen molar-refractivity contribution in [3.05, 3.63) is 64.1 Å². The number of amides is 2. The molecule has 0 saturated heterocycles. The molecule has 10 heteroatoms. The van der Waals surface area contributed by atoms with Crippen LogP contribution in [-0.4, -0.2) is 40.1 Å². The van der Waals surface area contributed by atoms with Crippen LogP contribution in [0.2, 0.25) is 0 Å². The number of fused-ring (bicyclic) bond motifs is 1. The van der Waals surface area contributed by atoms with Crippen LogP contribution in [0.3, 0.4) is 0 Å². The van der Waals surface area contributed by atoms with Gasteiger partial charge in [-0.2, -0.15) is 5.26 Å². The maximum Gasteiger partial charge on any atom is 0.410 e. The van der Waals surface area contributed by atoms with Crippen molar-refractivity contribution >= 4 is 28.3 Å². The Morgan fingerprint density at radius 2 is 2.21 bits per heavy atom. The quantitative estimate of drug-likeness (QED) is 0.554. The highest BCUT2D eigenvalue weighted by molar-refractivity contribution is 7.16. The molecule has 176 valence electrons. The number of aryl methyl sites for hydroxylation is 2. The van der Waals surface area contributed by atoms with E-state index in [1.54, 1.807) is 29.0 Å². The Morgan fingerprint density at radius 1 is 1.35 bits per heavy atom. The molecule has 4 rings (SSSR count). The number of ether oxygens (including phenoxy) is 2. The number of benzene rings is 1. The number of methoxy groups -OCH3 is 1. The summed E-state index contributed by atoms with van der Waals surface area (Å²) in [5.41, 5.74) is 2.37. The third-order valence-electron chi connectivity index (χ3n) is 5.70. The van der Waals surface area contributed by atoms with Crippen LogP contribution in [0.5, 0.6) is 5.75 Å². The van der Waals surface area contributed by atoms with Crippen molar-refractivity contribution < 1.29 is 19.1 Å². The van der Waals surface area contributed by atoms with Crippen molar-refractivity contribution in [1.29, 1.82) is 5.26 Å². The van der Waals surface area contributed by atoms with Crippen LogP contribution in [0.25, 0.3) is 0 Å². The normalized spacial score (nSPS) is 12.6. The lowest BCUT2D eigenvalue weighted by Gasteiger charge is -2.26. The minimum atomic E-state index is -0.426. The van der Waals surface area contributed by atoms with E-state index < -0.39 is 6.09 Å². The van der Waals surface area contributed by atoms with Gasteiger partial charge in [0.1, 0.15) is 22.6 Å². The Labute approximate surface area is 201 Å². The van der Waals surface area contributed by atoms with Crippen LogP contribution in [0, 0.1) is 11.3 Å². The van der Waals surface area contributed by atoms with E-state index in [0.29, 0.717) is 42.3 Å². The van der Waals surface area contributed by atoms with Crippen molar-refractivity contribution in [2.75, 3.05) is 19.0 Å². The SMILES string of the molecule is COc1cccc(CCC(=O)Nc2sc3c(c2C#N)CCN(C(=O)OCc2nccn2C)C3)c1. The number of nitriles is 1. The topological polar surface area (TPSA) is 109 Å². The van der Waals surface area contributed by atoms with Gasteiger partial charge >= 0.3 is 6.09 Å². The molecule has 2 aromatic heterocycles. The van der Waals surface area contributed by atoms with E-state index in [9.17, 15) is 14.9 Å². The van der Waals surface area contributed by atoms with Gasteiger partial charge in [0.05, 0.1) is 19.2 Å². The average molecular weight is 480 g/mol. The summed E-state index contributed by atoms with van der Waals surface area (Å²) in [6.07, 6.45) is 4.39. The van der Waals surface area contributed by atoms with E-state index in [-0.39, 0.29) is 18.9 Å². The number of carbonyl (C=O) groups is 2. The molecule has 9 nitrogen and oxygen atoms in total. The lowest BCUT2D eigenvalue weighted by atomic mass is 10.0. The summed E-state index contributed by atoms with van der Waals surface area (Å²) >= 11 is 1.34. The molecule has 0 bridgehead atoms. The molecular formula is C24H25N5O4S. The van der Waals surface area contributed by atoms with Gasteiger partial charge in [0.2, 0.25) is 5.91 Å². The first-order chi connectivity index (χ1) is 16.5. The minimum Gasteiger partial charge on any atom is -0.497 e. The van der Waals surface area contributed by atoms with Crippen LogP contribution in [-0.2, 0) is 42.6 Å². The van der Waals surface area contributed by atoms with E-state index in [1.807, 2.05) is 31.3 Å². The van der Waals surface area contributed by atoms with Gasteiger partial charge in [0.15, 0.2) is 6.61 Å². The highest BCUT2D eigenvalue weighted by atomic mass is 32.1. The standard InChI is InChI=1S/C24H25N5O4S/c1-28-11-9-26-21(28)15-33-24(31)29-10-8-18-19(13-25)23(34-20(18)14-29)27-22(30)7-6-16-4-3-5-17(12-16)32-2/h3-5,9,11-12H,6-8,10,14-15H2,1-2H3,(H,27,30). The number of hydrogen-bond acceptors (Lipinski definition) is 7. The summed E-state index contributed by atoms with van der Waals surface area (Å²) in [5.74, 6) is 1.25. The van der Waals surface area contributed by atoms with Gasteiger partial charge in [-0.05, 0) is 36.1 Å². The number of anilines is 1. The molecule has 2 amide bonds. The van der Waals surface area contributed by atoms with Crippen molar-refractivity contribution in [3.63, 3.8) is 0 Å². The average Bonchev–Trinajstić information content (AvgIpc) is 3.42. The molecule has 0 radical (unpaired) electrons. The van der Waals surface area contributed by atoms with Crippen LogP contribution in [0.1, 0.15) is 33.8 Å². The van der Waals surface area contributed by atoms with E-state index in [0.717, 1.165) is 21.8 Å². The largest absolute Gasteiger partial charge is 0.497 e. The Morgan fingerprint density at radius 3 is 2.94 bits per heavy atom. The first-order valence-corrected chi connectivity index (χ1v) is 11.7. The smallest absolute Gasteiger partial charge is 0.410 e. The lowest BCUT2D eigenvalue weighted by molar-refractivity contribution is -0.116. The van der Waals surface area contributed by atoms with E-state index in [1.165, 1.54) is 11.3 Å². The summed E-state index contributed by atoms with van der Waals surface area (Å²) < 4.78 is 12.4. The fraction of sp³-hybridized carbons (Fsp3) is 0.333. The predicted octanol–water partition coefficient (Wildman–Crippen LogP) is 3.63. The van der Waals surface area contributed by atoms with E-state index in [4.69, 9.17) is 9.47 Å². The summed E-state index contributed by atoms with van der Waals surface area (Å²) in [6, 6.07) is 9.82. The molecule has 3 heterocycles. The van der Waals surface area contributed by atoms with Gasteiger partial charge in [0, 0.05) is 37.3 Å². The van der Waals surface area contributed by atoms with Crippen LogP contribution < -0.4 is 10.1 Å². The molecule has 1 aliphatic rings. The summed E-state index contributed by atoms with van der Waals surface area (Å²) in [6.45, 7) is 0.878. The molecule has 34 heavy (non-hydrogen) atoms. The van der Waals surface area contributed by atoms with Gasteiger partial charge in [-0.15, -0.1) is 11.3 Å². The van der Waals surface area contributed by atoms with E-state index in [2.05, 4.69) is 16.4 Å². The Hall–Kier alpha value is -3.84. The van der Waals surface area contributed by atoms with Crippen LogP contribution in [0.15, 0.2) is 36.7 Å². The molecule has 0 aliphatic carbocycles. The molecule has 0 unspecified atom stereocenters. The number of nitrogens with one attached hydrogen (secondary N) is 1. The molecular weight excluding hydrogens is 454 g/mol. The first-order valence-electron chi connectivity index (χ1n) is 10.8. The zero-order chi connectivity index (χ0) is 24.1. The zero-order valence-electron chi connectivity index (χ0n) is 19.0. The van der Waals surface area contributed by atoms with Crippen molar-refractivity contribution in [1.82, 2.24) is 14.5 Å². The number of imidazole rings is 1. The molecule has 0 spiro atoms. The first kappa shape index (κ1) is 23.3. The van der Waals surface area contributed by atoms with Gasteiger partial charge in [-0.25, -0.2) is 9.78 Å². The molecule has 1 N–H and O–H groups in total. The van der Waals surface area contributed by atoms with Crippen LogP contribution >= 0.6 is 11.3 Å². The number of aromatic nitrogens is 2.